The molecule has 7 heteroatoms. The summed E-state index contributed by atoms with van der Waals surface area (Å²) in [6.07, 6.45) is 2.06. The molecular formula is C30H35N3O4. The van der Waals surface area contributed by atoms with Crippen LogP contribution in [0.3, 0.4) is 0 Å². The third kappa shape index (κ3) is 5.61. The second-order valence-corrected chi connectivity index (χ2v) is 9.33. The van der Waals surface area contributed by atoms with E-state index in [2.05, 4.69) is 5.32 Å². The number of anilines is 1. The molecule has 1 aliphatic rings. The first-order chi connectivity index (χ1) is 18.0. The maximum absolute atomic E-state index is 13.6. The van der Waals surface area contributed by atoms with Gasteiger partial charge in [0, 0.05) is 37.0 Å². The number of hydrogen-bond donors (Lipinski definition) is 1. The van der Waals surface area contributed by atoms with Crippen molar-refractivity contribution in [2.75, 3.05) is 25.1 Å². The molecule has 0 aliphatic carbocycles. The Kier molecular flexibility index (Phi) is 8.43. The standard InChI is InChI=1S/C30H35N3O4/c1-4-17-31-29(35)25(5-2)33(20-21-10-6-13-23(19-21)37-3)27(34)16-9-18-32-26-15-8-12-22-11-7-14-24(28(22)26)30(32)36/h6-8,10-15,19,25H,4-5,9,16-18,20H2,1-3H3,(H,31,35)/t25-/m0/s1. The van der Waals surface area contributed by atoms with Crippen LogP contribution in [0.1, 0.15) is 55.5 Å². The number of nitrogens with one attached hydrogen (secondary N) is 1. The Hall–Kier alpha value is -3.87. The molecule has 0 saturated carbocycles. The van der Waals surface area contributed by atoms with Crippen LogP contribution in [0.2, 0.25) is 0 Å². The largest absolute Gasteiger partial charge is 0.497 e. The molecular weight excluding hydrogens is 466 g/mol. The van der Waals surface area contributed by atoms with Gasteiger partial charge in [0.25, 0.3) is 5.91 Å². The molecule has 1 atom stereocenters. The lowest BCUT2D eigenvalue weighted by molar-refractivity contribution is -0.141. The second kappa shape index (κ2) is 11.9. The predicted molar refractivity (Wildman–Crippen MR) is 146 cm³/mol. The third-order valence-electron chi connectivity index (χ3n) is 6.84. The molecule has 1 aliphatic heterocycles. The van der Waals surface area contributed by atoms with Crippen LogP contribution in [0.25, 0.3) is 10.8 Å². The van der Waals surface area contributed by atoms with E-state index in [9.17, 15) is 14.4 Å². The highest BCUT2D eigenvalue weighted by Crippen LogP contribution is 2.37. The number of ether oxygens (including phenoxy) is 1. The Morgan fingerprint density at radius 3 is 2.54 bits per heavy atom. The first-order valence-corrected chi connectivity index (χ1v) is 13.0. The van der Waals surface area contributed by atoms with E-state index in [1.54, 1.807) is 16.9 Å². The highest BCUT2D eigenvalue weighted by Gasteiger charge is 2.31. The van der Waals surface area contributed by atoms with Gasteiger partial charge in [-0.3, -0.25) is 14.4 Å². The van der Waals surface area contributed by atoms with E-state index in [0.29, 0.717) is 43.8 Å². The SMILES string of the molecule is CCCNC(=O)[C@H](CC)N(Cc1cccc(OC)c1)C(=O)CCCN1C(=O)c2cccc3cccc1c23. The summed E-state index contributed by atoms with van der Waals surface area (Å²) >= 11 is 0. The number of hydrogen-bond acceptors (Lipinski definition) is 4. The van der Waals surface area contributed by atoms with Crippen molar-refractivity contribution in [3.63, 3.8) is 0 Å². The Morgan fingerprint density at radius 1 is 1.05 bits per heavy atom. The topological polar surface area (TPSA) is 79.0 Å². The molecule has 3 aromatic carbocycles. The summed E-state index contributed by atoms with van der Waals surface area (Å²) in [6, 6.07) is 18.7. The molecule has 1 heterocycles. The van der Waals surface area contributed by atoms with Crippen molar-refractivity contribution in [2.45, 2.75) is 52.1 Å². The van der Waals surface area contributed by atoms with Gasteiger partial charge in [0.2, 0.25) is 11.8 Å². The maximum Gasteiger partial charge on any atom is 0.258 e. The van der Waals surface area contributed by atoms with Crippen molar-refractivity contribution in [3.8, 4) is 5.75 Å². The third-order valence-corrected chi connectivity index (χ3v) is 6.84. The normalized spacial score (nSPS) is 13.1. The van der Waals surface area contributed by atoms with Crippen LogP contribution in [-0.2, 0) is 16.1 Å². The van der Waals surface area contributed by atoms with Gasteiger partial charge in [0.1, 0.15) is 11.8 Å². The van der Waals surface area contributed by atoms with Crippen molar-refractivity contribution in [2.24, 2.45) is 0 Å². The predicted octanol–water partition coefficient (Wildman–Crippen LogP) is 4.92. The monoisotopic (exact) mass is 501 g/mol. The summed E-state index contributed by atoms with van der Waals surface area (Å²) in [4.78, 5) is 43.1. The van der Waals surface area contributed by atoms with Gasteiger partial charge >= 0.3 is 0 Å². The van der Waals surface area contributed by atoms with Gasteiger partial charge < -0.3 is 19.9 Å². The van der Waals surface area contributed by atoms with Crippen LogP contribution in [0, 0.1) is 0 Å². The van der Waals surface area contributed by atoms with Gasteiger partial charge in [-0.15, -0.1) is 0 Å². The van der Waals surface area contributed by atoms with E-state index in [1.165, 1.54) is 0 Å². The molecule has 4 rings (SSSR count). The molecule has 0 saturated heterocycles. The number of carbonyl (C=O) groups is 3. The lowest BCUT2D eigenvalue weighted by Crippen LogP contribution is -2.49. The molecule has 3 aromatic rings. The van der Waals surface area contributed by atoms with E-state index in [0.717, 1.165) is 28.4 Å². The van der Waals surface area contributed by atoms with Crippen LogP contribution in [0.5, 0.6) is 5.75 Å². The quantitative estimate of drug-likeness (QED) is 0.382. The Morgan fingerprint density at radius 2 is 1.81 bits per heavy atom. The molecule has 0 unspecified atom stereocenters. The molecule has 0 bridgehead atoms. The van der Waals surface area contributed by atoms with Crippen LogP contribution in [0.15, 0.2) is 60.7 Å². The fourth-order valence-corrected chi connectivity index (χ4v) is 4.99. The summed E-state index contributed by atoms with van der Waals surface area (Å²) in [5.41, 5.74) is 2.49. The maximum atomic E-state index is 13.6. The summed E-state index contributed by atoms with van der Waals surface area (Å²) in [7, 11) is 1.60. The number of methoxy groups -OCH3 is 1. The van der Waals surface area contributed by atoms with Gasteiger partial charge in [0.05, 0.1) is 12.8 Å². The van der Waals surface area contributed by atoms with Gasteiger partial charge in [0.15, 0.2) is 0 Å². The molecule has 0 radical (unpaired) electrons. The number of carbonyl (C=O) groups excluding carboxylic acids is 3. The highest BCUT2D eigenvalue weighted by atomic mass is 16.5. The summed E-state index contributed by atoms with van der Waals surface area (Å²) in [5.74, 6) is 0.425. The second-order valence-electron chi connectivity index (χ2n) is 9.33. The molecule has 3 amide bonds. The van der Waals surface area contributed by atoms with E-state index >= 15 is 0 Å². The first-order valence-electron chi connectivity index (χ1n) is 13.0. The van der Waals surface area contributed by atoms with Crippen LogP contribution >= 0.6 is 0 Å². The van der Waals surface area contributed by atoms with Crippen LogP contribution in [0.4, 0.5) is 5.69 Å². The zero-order valence-electron chi connectivity index (χ0n) is 21.8. The molecule has 0 aromatic heterocycles. The molecule has 1 N–H and O–H groups in total. The summed E-state index contributed by atoms with van der Waals surface area (Å²) < 4.78 is 5.35. The van der Waals surface area contributed by atoms with Crippen LogP contribution in [-0.4, -0.2) is 48.9 Å². The Bertz CT molecular complexity index is 1280. The molecule has 0 spiro atoms. The van der Waals surface area contributed by atoms with Crippen molar-refractivity contribution >= 4 is 34.2 Å². The average molecular weight is 502 g/mol. The Balaban J connectivity index is 1.49. The minimum absolute atomic E-state index is 0.0298. The van der Waals surface area contributed by atoms with Gasteiger partial charge in [-0.05, 0) is 54.5 Å². The lowest BCUT2D eigenvalue weighted by atomic mass is 10.1. The molecule has 194 valence electrons. The van der Waals surface area contributed by atoms with Crippen molar-refractivity contribution in [1.29, 1.82) is 0 Å². The van der Waals surface area contributed by atoms with E-state index < -0.39 is 6.04 Å². The van der Waals surface area contributed by atoms with E-state index in [4.69, 9.17) is 4.74 Å². The molecule has 0 fully saturated rings. The zero-order valence-corrected chi connectivity index (χ0v) is 21.8. The lowest BCUT2D eigenvalue weighted by Gasteiger charge is -2.31. The van der Waals surface area contributed by atoms with Crippen LogP contribution < -0.4 is 15.0 Å². The van der Waals surface area contributed by atoms with Crippen molar-refractivity contribution in [3.05, 3.63) is 71.8 Å². The fraction of sp³-hybridized carbons (Fsp3) is 0.367. The van der Waals surface area contributed by atoms with Crippen molar-refractivity contribution in [1.82, 2.24) is 10.2 Å². The average Bonchev–Trinajstić information content (AvgIpc) is 3.19. The summed E-state index contributed by atoms with van der Waals surface area (Å²) in [6.45, 7) is 5.23. The number of nitrogens with zero attached hydrogens (tertiary/aromatic N) is 2. The van der Waals surface area contributed by atoms with Gasteiger partial charge in [-0.1, -0.05) is 50.2 Å². The minimum atomic E-state index is -0.573. The number of amides is 3. The zero-order chi connectivity index (χ0) is 26.4. The fourth-order valence-electron chi connectivity index (χ4n) is 4.99. The minimum Gasteiger partial charge on any atom is -0.497 e. The smallest absolute Gasteiger partial charge is 0.258 e. The molecule has 7 nitrogen and oxygen atoms in total. The number of rotatable bonds is 12. The highest BCUT2D eigenvalue weighted by molar-refractivity contribution is 6.25. The van der Waals surface area contributed by atoms with E-state index in [-0.39, 0.29) is 24.1 Å². The van der Waals surface area contributed by atoms with Gasteiger partial charge in [-0.25, -0.2) is 0 Å². The summed E-state index contributed by atoms with van der Waals surface area (Å²) in [5, 5.41) is 4.95. The molecule has 37 heavy (non-hydrogen) atoms. The number of benzene rings is 3. The van der Waals surface area contributed by atoms with E-state index in [1.807, 2.05) is 74.5 Å². The first kappa shape index (κ1) is 26.2. The Labute approximate surface area is 218 Å². The van der Waals surface area contributed by atoms with Gasteiger partial charge in [-0.2, -0.15) is 0 Å². The van der Waals surface area contributed by atoms with Crippen molar-refractivity contribution < 1.29 is 19.1 Å².